The largest absolute Gasteiger partial charge is 0.283 e. The van der Waals surface area contributed by atoms with Gasteiger partial charge in [-0.25, -0.2) is 0 Å². The van der Waals surface area contributed by atoms with Gasteiger partial charge in [-0.3, -0.25) is 56.8 Å². The van der Waals surface area contributed by atoms with Crippen LogP contribution in [0.1, 0.15) is 0 Å². The van der Waals surface area contributed by atoms with E-state index in [-0.39, 0.29) is 0 Å². The highest BCUT2D eigenvalue weighted by Crippen LogP contribution is 2.33. The van der Waals surface area contributed by atoms with Crippen molar-refractivity contribution in [3.05, 3.63) is 0 Å². The minimum atomic E-state index is -1.28. The molecule has 0 unspecified atom stereocenters. The van der Waals surface area contributed by atoms with Crippen LogP contribution in [-0.4, -0.2) is 51.8 Å². The predicted molar refractivity (Wildman–Crippen MR) is 43.3 cm³/mol. The number of rotatable bonds is 0. The first-order valence-corrected chi connectivity index (χ1v) is 5.66. The molecule has 12 heteroatoms. The van der Waals surface area contributed by atoms with Gasteiger partial charge < -0.3 is 0 Å². The van der Waals surface area contributed by atoms with Crippen LogP contribution < -0.4 is 0 Å². The normalized spacial score (nSPS) is 57.6. The summed E-state index contributed by atoms with van der Waals surface area (Å²) in [5.74, 6) is 0. The maximum Gasteiger partial charge on any atom is 0.283 e. The average Bonchev–Trinajstić information content (AvgIpc) is 2.18. The molecule has 0 saturated carbocycles. The molecule has 20 heavy (non-hydrogen) atoms. The summed E-state index contributed by atoms with van der Waals surface area (Å²) in [6, 6.07) is 0. The van der Waals surface area contributed by atoms with Crippen LogP contribution in [0.5, 0.6) is 0 Å². The molecule has 0 amide bonds. The Kier molecular flexibility index (Phi) is 2.73. The van der Waals surface area contributed by atoms with Gasteiger partial charge in [-0.05, 0) is 0 Å². The fraction of sp³-hybridized carbons (Fsp3) is 1.00. The summed E-state index contributed by atoms with van der Waals surface area (Å²) in [5, 5.41) is 0. The van der Waals surface area contributed by atoms with Gasteiger partial charge in [0.2, 0.25) is 0 Å². The molecule has 6 aliphatic rings. The molecule has 0 aromatic heterocycles. The summed E-state index contributed by atoms with van der Waals surface area (Å²) in [6.45, 7) is -10.3. The fourth-order valence-electron chi connectivity index (χ4n) is 1.86. The molecule has 0 spiro atoms. The van der Waals surface area contributed by atoms with Crippen molar-refractivity contribution in [3.63, 3.8) is 0 Å². The molecule has 0 radical (unpaired) electrons. The number of ether oxygens (including phenoxy) is 12. The summed E-state index contributed by atoms with van der Waals surface area (Å²) in [5.41, 5.74) is 0. The maximum atomic E-state index is 5.25. The van der Waals surface area contributed by atoms with E-state index in [0.29, 0.717) is 0 Å². The zero-order valence-corrected chi connectivity index (χ0v) is 9.52. The lowest BCUT2D eigenvalue weighted by atomic mass is 10.8. The van der Waals surface area contributed by atoms with E-state index in [9.17, 15) is 0 Å². The van der Waals surface area contributed by atoms with E-state index in [2.05, 4.69) is 0 Å². The van der Waals surface area contributed by atoms with E-state index in [0.717, 1.165) is 0 Å². The average molecular weight is 296 g/mol. The molecule has 0 atom stereocenters. The Hall–Kier alpha value is -0.480. The third kappa shape index (κ3) is 2.12. The molecular weight excluding hydrogens is 288 g/mol. The van der Waals surface area contributed by atoms with Crippen molar-refractivity contribution < 1.29 is 56.8 Å². The second kappa shape index (κ2) is 4.51. The van der Waals surface area contributed by atoms with Crippen LogP contribution >= 0.6 is 0 Å². The van der Waals surface area contributed by atoms with Crippen molar-refractivity contribution in [1.29, 1.82) is 0 Å². The van der Waals surface area contributed by atoms with E-state index >= 15 is 0 Å². The van der Waals surface area contributed by atoms with Crippen LogP contribution in [0.2, 0.25) is 0 Å². The number of hydrogen-bond donors (Lipinski definition) is 0. The van der Waals surface area contributed by atoms with Gasteiger partial charge in [0.1, 0.15) is 0 Å². The lowest BCUT2D eigenvalue weighted by molar-refractivity contribution is -0.673. The SMILES string of the molecule is O1C2OC3OC4OC1OC1OC(O2)OC(O3)OC(O4)O1. The second-order valence-electron chi connectivity index (χ2n) is 3.94. The zero-order valence-electron chi connectivity index (χ0n) is 9.52. The molecular formula is C8H8O12. The van der Waals surface area contributed by atoms with Crippen molar-refractivity contribution in [3.8, 4) is 0 Å². The molecule has 6 saturated heterocycles. The quantitative estimate of drug-likeness (QED) is 0.519. The van der Waals surface area contributed by atoms with Gasteiger partial charge in [0.05, 0.1) is 0 Å². The highest BCUT2D eigenvalue weighted by Gasteiger charge is 2.49. The van der Waals surface area contributed by atoms with Crippen LogP contribution in [0, 0.1) is 0 Å². The highest BCUT2D eigenvalue weighted by molar-refractivity contribution is 4.51. The third-order valence-corrected chi connectivity index (χ3v) is 2.67. The van der Waals surface area contributed by atoms with Crippen LogP contribution in [0.3, 0.4) is 0 Å². The highest BCUT2D eigenvalue weighted by atomic mass is 17.2. The summed E-state index contributed by atoms with van der Waals surface area (Å²) in [6.07, 6.45) is 0. The van der Waals surface area contributed by atoms with E-state index in [1.165, 1.54) is 0 Å². The minimum Gasteiger partial charge on any atom is -0.274 e. The van der Waals surface area contributed by atoms with Crippen LogP contribution in [0.4, 0.5) is 0 Å². The Labute approximate surface area is 110 Å². The van der Waals surface area contributed by atoms with Crippen molar-refractivity contribution in [2.75, 3.05) is 0 Å². The standard InChI is InChI=1S/C8H8O12/c9-1-10-3-14-5-12-2(9)13-6-15-4(11-1)17-7(16-3)20-8(18-5)19-6/h1-8H. The Bertz CT molecular complexity index is 239. The molecule has 6 rings (SSSR count). The van der Waals surface area contributed by atoms with Gasteiger partial charge in [-0.15, -0.1) is 0 Å². The lowest BCUT2D eigenvalue weighted by Gasteiger charge is -2.46. The fourth-order valence-corrected chi connectivity index (χ4v) is 1.86. The van der Waals surface area contributed by atoms with E-state index < -0.39 is 51.8 Å². The van der Waals surface area contributed by atoms with Crippen LogP contribution in [0.15, 0.2) is 0 Å². The van der Waals surface area contributed by atoms with Crippen molar-refractivity contribution >= 4 is 0 Å². The molecule has 0 aromatic rings. The molecule has 8 bridgehead atoms. The topological polar surface area (TPSA) is 111 Å². The first-order chi connectivity index (χ1) is 9.80. The zero-order chi connectivity index (χ0) is 13.1. The Morgan fingerprint density at radius 2 is 0.300 bits per heavy atom. The van der Waals surface area contributed by atoms with Gasteiger partial charge in [0.15, 0.2) is 0 Å². The molecule has 6 heterocycles. The third-order valence-electron chi connectivity index (χ3n) is 2.67. The van der Waals surface area contributed by atoms with Crippen molar-refractivity contribution in [2.24, 2.45) is 0 Å². The Balaban J connectivity index is 1.57. The monoisotopic (exact) mass is 296 g/mol. The second-order valence-corrected chi connectivity index (χ2v) is 3.94. The molecule has 0 N–H and O–H groups in total. The number of hydrogen-bond acceptors (Lipinski definition) is 12. The molecule has 0 aromatic carbocycles. The first-order valence-electron chi connectivity index (χ1n) is 5.66. The molecule has 0 aliphatic carbocycles. The lowest BCUT2D eigenvalue weighted by Crippen LogP contribution is -2.59. The van der Waals surface area contributed by atoms with Gasteiger partial charge in [-0.2, -0.15) is 0 Å². The Morgan fingerprint density at radius 3 is 0.400 bits per heavy atom. The van der Waals surface area contributed by atoms with Crippen molar-refractivity contribution in [2.45, 2.75) is 51.8 Å². The smallest absolute Gasteiger partial charge is 0.274 e. The molecule has 6 aliphatic heterocycles. The first kappa shape index (κ1) is 12.1. The molecule has 6 fully saturated rings. The van der Waals surface area contributed by atoms with Crippen LogP contribution in [-0.2, 0) is 56.8 Å². The predicted octanol–water partition coefficient (Wildman–Crippen LogP) is -1.48. The minimum absolute atomic E-state index is 1.28. The van der Waals surface area contributed by atoms with E-state index in [4.69, 9.17) is 56.8 Å². The summed E-state index contributed by atoms with van der Waals surface area (Å²) in [7, 11) is 0. The summed E-state index contributed by atoms with van der Waals surface area (Å²) in [4.78, 5) is 0. The Morgan fingerprint density at radius 1 is 0.200 bits per heavy atom. The summed E-state index contributed by atoms with van der Waals surface area (Å²) < 4.78 is 62.9. The van der Waals surface area contributed by atoms with Gasteiger partial charge in [0.25, 0.3) is 51.8 Å². The maximum absolute atomic E-state index is 5.25. The molecule has 112 valence electrons. The van der Waals surface area contributed by atoms with Crippen molar-refractivity contribution in [1.82, 2.24) is 0 Å². The van der Waals surface area contributed by atoms with Crippen LogP contribution in [0.25, 0.3) is 0 Å². The van der Waals surface area contributed by atoms with Gasteiger partial charge in [0, 0.05) is 0 Å². The van der Waals surface area contributed by atoms with E-state index in [1.54, 1.807) is 0 Å². The van der Waals surface area contributed by atoms with Gasteiger partial charge in [-0.1, -0.05) is 0 Å². The van der Waals surface area contributed by atoms with E-state index in [1.807, 2.05) is 0 Å². The van der Waals surface area contributed by atoms with Gasteiger partial charge >= 0.3 is 0 Å². The summed E-state index contributed by atoms with van der Waals surface area (Å²) >= 11 is 0. The molecule has 12 nitrogen and oxygen atoms in total.